The van der Waals surface area contributed by atoms with E-state index in [1.165, 1.54) is 0 Å². The number of aryl methyl sites for hydroxylation is 1. The van der Waals surface area contributed by atoms with Gasteiger partial charge >= 0.3 is 0 Å². The van der Waals surface area contributed by atoms with Crippen LogP contribution in [0.4, 0.5) is 0 Å². The first-order valence-corrected chi connectivity index (χ1v) is 9.98. The van der Waals surface area contributed by atoms with Crippen molar-refractivity contribution in [1.82, 2.24) is 10.3 Å². The fourth-order valence-electron chi connectivity index (χ4n) is 2.91. The first-order chi connectivity index (χ1) is 14.0. The SMILES string of the molecule is COc1cccc(C(=O)NCCc2sc(-c3ccc(OC)c(OC)c3)nc2C)c1. The highest BCUT2D eigenvalue weighted by Crippen LogP contribution is 2.35. The van der Waals surface area contributed by atoms with Crippen LogP contribution in [0, 0.1) is 6.92 Å². The molecule has 1 amide bonds. The van der Waals surface area contributed by atoms with Crippen molar-refractivity contribution in [2.24, 2.45) is 0 Å². The largest absolute Gasteiger partial charge is 0.497 e. The molecule has 0 unspecified atom stereocenters. The Morgan fingerprint density at radius 2 is 1.83 bits per heavy atom. The third kappa shape index (κ3) is 4.86. The Morgan fingerprint density at radius 3 is 2.55 bits per heavy atom. The first-order valence-electron chi connectivity index (χ1n) is 9.16. The number of rotatable bonds is 8. The summed E-state index contributed by atoms with van der Waals surface area (Å²) in [6, 6.07) is 12.9. The van der Waals surface area contributed by atoms with Gasteiger partial charge in [-0.05, 0) is 43.3 Å². The van der Waals surface area contributed by atoms with E-state index in [1.54, 1.807) is 50.9 Å². The number of nitrogens with zero attached hydrogens (tertiary/aromatic N) is 1. The summed E-state index contributed by atoms with van der Waals surface area (Å²) in [4.78, 5) is 18.2. The Kier molecular flexibility index (Phi) is 6.72. The Labute approximate surface area is 174 Å². The van der Waals surface area contributed by atoms with Gasteiger partial charge in [0.1, 0.15) is 10.8 Å². The highest BCUT2D eigenvalue weighted by atomic mass is 32.1. The topological polar surface area (TPSA) is 69.7 Å². The van der Waals surface area contributed by atoms with Crippen molar-refractivity contribution in [3.8, 4) is 27.8 Å². The van der Waals surface area contributed by atoms with E-state index in [2.05, 4.69) is 10.3 Å². The summed E-state index contributed by atoms with van der Waals surface area (Å²) >= 11 is 1.62. The number of carbonyl (C=O) groups excluding carboxylic acids is 1. The first kappa shape index (κ1) is 20.7. The van der Waals surface area contributed by atoms with Crippen LogP contribution in [0.2, 0.25) is 0 Å². The highest BCUT2D eigenvalue weighted by molar-refractivity contribution is 7.15. The van der Waals surface area contributed by atoms with E-state index in [1.807, 2.05) is 31.2 Å². The number of amides is 1. The van der Waals surface area contributed by atoms with E-state index in [-0.39, 0.29) is 5.91 Å². The molecule has 0 aliphatic heterocycles. The quantitative estimate of drug-likeness (QED) is 0.603. The molecule has 0 spiro atoms. The molecule has 2 aromatic carbocycles. The van der Waals surface area contributed by atoms with Gasteiger partial charge < -0.3 is 19.5 Å². The molecule has 3 aromatic rings. The number of hydrogen-bond acceptors (Lipinski definition) is 6. The lowest BCUT2D eigenvalue weighted by atomic mass is 10.2. The summed E-state index contributed by atoms with van der Waals surface area (Å²) in [7, 11) is 4.81. The van der Waals surface area contributed by atoms with Gasteiger partial charge in [-0.1, -0.05) is 6.07 Å². The van der Waals surface area contributed by atoms with Crippen molar-refractivity contribution in [3.05, 3.63) is 58.6 Å². The van der Waals surface area contributed by atoms with Crippen LogP contribution in [-0.2, 0) is 6.42 Å². The molecule has 0 radical (unpaired) electrons. The molecular formula is C22H24N2O4S. The van der Waals surface area contributed by atoms with E-state index in [0.717, 1.165) is 21.1 Å². The Hall–Kier alpha value is -3.06. The molecule has 6 nitrogen and oxygen atoms in total. The minimum absolute atomic E-state index is 0.119. The van der Waals surface area contributed by atoms with Gasteiger partial charge in [0.25, 0.3) is 5.91 Å². The van der Waals surface area contributed by atoms with Crippen LogP contribution < -0.4 is 19.5 Å². The van der Waals surface area contributed by atoms with Crippen molar-refractivity contribution in [3.63, 3.8) is 0 Å². The molecule has 1 heterocycles. The monoisotopic (exact) mass is 412 g/mol. The van der Waals surface area contributed by atoms with E-state index in [0.29, 0.717) is 35.8 Å². The van der Waals surface area contributed by atoms with Crippen LogP contribution in [0.3, 0.4) is 0 Å². The van der Waals surface area contributed by atoms with Gasteiger partial charge in [-0.15, -0.1) is 11.3 Å². The normalized spacial score (nSPS) is 10.5. The molecule has 0 atom stereocenters. The lowest BCUT2D eigenvalue weighted by molar-refractivity contribution is 0.0954. The number of carbonyl (C=O) groups is 1. The van der Waals surface area contributed by atoms with Crippen molar-refractivity contribution < 1.29 is 19.0 Å². The maximum absolute atomic E-state index is 12.3. The summed E-state index contributed by atoms with van der Waals surface area (Å²) in [6.07, 6.45) is 0.715. The maximum Gasteiger partial charge on any atom is 0.251 e. The van der Waals surface area contributed by atoms with E-state index in [9.17, 15) is 4.79 Å². The molecule has 0 aliphatic rings. The maximum atomic E-state index is 12.3. The molecule has 0 aliphatic carbocycles. The molecule has 29 heavy (non-hydrogen) atoms. The summed E-state index contributed by atoms with van der Waals surface area (Å²) < 4.78 is 15.8. The van der Waals surface area contributed by atoms with Gasteiger partial charge in [-0.3, -0.25) is 4.79 Å². The van der Waals surface area contributed by atoms with Crippen LogP contribution >= 0.6 is 11.3 Å². The zero-order chi connectivity index (χ0) is 20.8. The van der Waals surface area contributed by atoms with Crippen LogP contribution in [0.25, 0.3) is 10.6 Å². The summed E-state index contributed by atoms with van der Waals surface area (Å²) in [5, 5.41) is 3.87. The van der Waals surface area contributed by atoms with E-state index < -0.39 is 0 Å². The van der Waals surface area contributed by atoms with E-state index >= 15 is 0 Å². The standard InChI is InChI=1S/C22H24N2O4S/c1-14-20(10-11-23-21(25)15-6-5-7-17(12-15)26-2)29-22(24-14)16-8-9-18(27-3)19(13-16)28-4/h5-9,12-13H,10-11H2,1-4H3,(H,23,25). The van der Waals surface area contributed by atoms with Crippen LogP contribution in [0.15, 0.2) is 42.5 Å². The number of ether oxygens (including phenoxy) is 3. The van der Waals surface area contributed by atoms with Gasteiger partial charge in [-0.25, -0.2) is 4.98 Å². The fraction of sp³-hybridized carbons (Fsp3) is 0.273. The summed E-state index contributed by atoms with van der Waals surface area (Å²) in [5.74, 6) is 1.90. The zero-order valence-electron chi connectivity index (χ0n) is 16.9. The average molecular weight is 413 g/mol. The second-order valence-corrected chi connectivity index (χ2v) is 7.42. The number of benzene rings is 2. The Balaban J connectivity index is 1.66. The second-order valence-electron chi connectivity index (χ2n) is 6.34. The van der Waals surface area contributed by atoms with Crippen LogP contribution in [0.1, 0.15) is 20.9 Å². The fourth-order valence-corrected chi connectivity index (χ4v) is 3.97. The highest BCUT2D eigenvalue weighted by Gasteiger charge is 2.13. The predicted octanol–water partition coefficient (Wildman–Crippen LogP) is 4.12. The number of methoxy groups -OCH3 is 3. The van der Waals surface area contributed by atoms with Gasteiger partial charge in [0.15, 0.2) is 11.5 Å². The van der Waals surface area contributed by atoms with Crippen LogP contribution in [-0.4, -0.2) is 38.8 Å². The van der Waals surface area contributed by atoms with Gasteiger partial charge in [-0.2, -0.15) is 0 Å². The molecule has 0 saturated carbocycles. The minimum Gasteiger partial charge on any atom is -0.497 e. The van der Waals surface area contributed by atoms with E-state index in [4.69, 9.17) is 14.2 Å². The second kappa shape index (κ2) is 9.43. The molecule has 3 rings (SSSR count). The van der Waals surface area contributed by atoms with Crippen LogP contribution in [0.5, 0.6) is 17.2 Å². The Bertz CT molecular complexity index is 1000. The lowest BCUT2D eigenvalue weighted by Gasteiger charge is -2.08. The van der Waals surface area contributed by atoms with Crippen molar-refractivity contribution in [2.45, 2.75) is 13.3 Å². The molecular weight excluding hydrogens is 388 g/mol. The number of hydrogen-bond donors (Lipinski definition) is 1. The van der Waals surface area contributed by atoms with Crippen molar-refractivity contribution in [2.75, 3.05) is 27.9 Å². The molecule has 7 heteroatoms. The van der Waals surface area contributed by atoms with Gasteiger partial charge in [0, 0.05) is 29.0 Å². The third-order valence-electron chi connectivity index (χ3n) is 4.49. The van der Waals surface area contributed by atoms with Crippen molar-refractivity contribution >= 4 is 17.2 Å². The summed E-state index contributed by atoms with van der Waals surface area (Å²) in [5.41, 5.74) is 2.52. The number of nitrogens with one attached hydrogen (secondary N) is 1. The number of thiazole rings is 1. The Morgan fingerprint density at radius 1 is 1.03 bits per heavy atom. The molecule has 152 valence electrons. The molecule has 0 fully saturated rings. The molecule has 1 N–H and O–H groups in total. The van der Waals surface area contributed by atoms with Crippen molar-refractivity contribution in [1.29, 1.82) is 0 Å². The average Bonchev–Trinajstić information content (AvgIpc) is 3.13. The molecule has 0 saturated heterocycles. The predicted molar refractivity (Wildman–Crippen MR) is 114 cm³/mol. The lowest BCUT2D eigenvalue weighted by Crippen LogP contribution is -2.25. The molecule has 0 bridgehead atoms. The third-order valence-corrected chi connectivity index (χ3v) is 5.76. The molecule has 1 aromatic heterocycles. The van der Waals surface area contributed by atoms with Gasteiger partial charge in [0.05, 0.1) is 27.0 Å². The zero-order valence-corrected chi connectivity index (χ0v) is 17.8. The van der Waals surface area contributed by atoms with Gasteiger partial charge in [0.2, 0.25) is 0 Å². The summed E-state index contributed by atoms with van der Waals surface area (Å²) in [6.45, 7) is 2.52. The minimum atomic E-state index is -0.119. The number of aromatic nitrogens is 1. The smallest absolute Gasteiger partial charge is 0.251 e.